The SMILES string of the molecule is COCCn1c(C(C)(C)C)nc2cc(-c3ccc(-c4nc(CC(C)(C)C)cs4)c(OC)c3OC)ccc21. The molecule has 2 aromatic heterocycles. The van der Waals surface area contributed by atoms with Gasteiger partial charge in [0, 0.05) is 30.0 Å². The minimum absolute atomic E-state index is 0.0883. The lowest BCUT2D eigenvalue weighted by molar-refractivity contribution is 0.186. The lowest BCUT2D eigenvalue weighted by Gasteiger charge is -2.20. The summed E-state index contributed by atoms with van der Waals surface area (Å²) < 4.78 is 19.5. The Kier molecular flexibility index (Phi) is 7.67. The van der Waals surface area contributed by atoms with Gasteiger partial charge in [0.05, 0.1) is 43.1 Å². The van der Waals surface area contributed by atoms with Crippen LogP contribution in [0.25, 0.3) is 32.7 Å². The second kappa shape index (κ2) is 10.5. The number of methoxy groups -OCH3 is 3. The second-order valence-corrected chi connectivity index (χ2v) is 12.5. The van der Waals surface area contributed by atoms with Crippen LogP contribution in [0.4, 0.5) is 0 Å². The third kappa shape index (κ3) is 5.68. The lowest BCUT2D eigenvalue weighted by Crippen LogP contribution is -2.20. The Morgan fingerprint density at radius 3 is 2.16 bits per heavy atom. The van der Waals surface area contributed by atoms with E-state index in [2.05, 4.69) is 81.8 Å². The van der Waals surface area contributed by atoms with Crippen LogP contribution in [0.3, 0.4) is 0 Å². The number of thiazole rings is 1. The van der Waals surface area contributed by atoms with Crippen LogP contribution in [-0.4, -0.2) is 42.5 Å². The molecular weight excluding hydrogens is 482 g/mol. The number of rotatable bonds is 8. The smallest absolute Gasteiger partial charge is 0.171 e. The molecule has 37 heavy (non-hydrogen) atoms. The van der Waals surface area contributed by atoms with Crippen LogP contribution in [-0.2, 0) is 23.1 Å². The van der Waals surface area contributed by atoms with Crippen molar-refractivity contribution in [2.75, 3.05) is 27.9 Å². The van der Waals surface area contributed by atoms with Crippen LogP contribution in [0, 0.1) is 5.41 Å². The van der Waals surface area contributed by atoms with E-state index in [-0.39, 0.29) is 10.8 Å². The van der Waals surface area contributed by atoms with Crippen LogP contribution in [0.2, 0.25) is 0 Å². The highest BCUT2D eigenvalue weighted by Crippen LogP contribution is 2.46. The van der Waals surface area contributed by atoms with Crippen LogP contribution in [0.15, 0.2) is 35.7 Å². The molecule has 198 valence electrons. The zero-order valence-electron chi connectivity index (χ0n) is 23.6. The Morgan fingerprint density at radius 2 is 1.54 bits per heavy atom. The van der Waals surface area contributed by atoms with Gasteiger partial charge in [0.15, 0.2) is 11.5 Å². The van der Waals surface area contributed by atoms with Crippen LogP contribution in [0.1, 0.15) is 53.1 Å². The Hall–Kier alpha value is -2.90. The van der Waals surface area contributed by atoms with Crippen molar-refractivity contribution in [3.8, 4) is 33.2 Å². The number of imidazole rings is 1. The van der Waals surface area contributed by atoms with Crippen molar-refractivity contribution >= 4 is 22.4 Å². The first kappa shape index (κ1) is 27.1. The standard InChI is InChI=1S/C30H39N3O3S/c1-29(2,3)17-20-18-37-27(31-20)22-12-11-21(25(35-8)26(22)36-9)19-10-13-24-23(16-19)32-28(30(4,5)6)33(24)14-15-34-7/h10-13,16,18H,14-15,17H2,1-9H3. The molecule has 7 heteroatoms. The quantitative estimate of drug-likeness (QED) is 0.242. The first-order valence-electron chi connectivity index (χ1n) is 12.7. The summed E-state index contributed by atoms with van der Waals surface area (Å²) in [6, 6.07) is 10.6. The van der Waals surface area contributed by atoms with Gasteiger partial charge in [0.2, 0.25) is 0 Å². The first-order valence-corrected chi connectivity index (χ1v) is 13.5. The van der Waals surface area contributed by atoms with Crippen LogP contribution < -0.4 is 9.47 Å². The third-order valence-electron chi connectivity index (χ3n) is 6.26. The average Bonchev–Trinajstić information content (AvgIpc) is 3.44. The highest BCUT2D eigenvalue weighted by atomic mass is 32.1. The minimum Gasteiger partial charge on any atom is -0.492 e. The fraction of sp³-hybridized carbons (Fsp3) is 0.467. The molecule has 0 spiro atoms. The maximum absolute atomic E-state index is 5.93. The molecule has 0 aliphatic heterocycles. The van der Waals surface area contributed by atoms with Gasteiger partial charge in [0.25, 0.3) is 0 Å². The van der Waals surface area contributed by atoms with E-state index in [0.29, 0.717) is 18.1 Å². The van der Waals surface area contributed by atoms with Crippen molar-refractivity contribution in [2.24, 2.45) is 5.41 Å². The molecule has 0 atom stereocenters. The Labute approximate surface area is 224 Å². The van der Waals surface area contributed by atoms with Gasteiger partial charge in [-0.25, -0.2) is 9.97 Å². The number of hydrogen-bond acceptors (Lipinski definition) is 6. The van der Waals surface area contributed by atoms with Gasteiger partial charge >= 0.3 is 0 Å². The maximum Gasteiger partial charge on any atom is 0.171 e. The molecule has 0 saturated carbocycles. The summed E-state index contributed by atoms with van der Waals surface area (Å²) in [6.07, 6.45) is 0.925. The molecule has 0 saturated heterocycles. The molecule has 2 heterocycles. The van der Waals surface area contributed by atoms with E-state index in [1.165, 1.54) is 0 Å². The summed E-state index contributed by atoms with van der Waals surface area (Å²) in [5, 5.41) is 3.07. The van der Waals surface area contributed by atoms with Crippen molar-refractivity contribution in [3.05, 3.63) is 47.2 Å². The summed E-state index contributed by atoms with van der Waals surface area (Å²) in [5.74, 6) is 2.44. The first-order chi connectivity index (χ1) is 17.5. The summed E-state index contributed by atoms with van der Waals surface area (Å²) in [6.45, 7) is 14.7. The highest BCUT2D eigenvalue weighted by molar-refractivity contribution is 7.13. The number of benzene rings is 2. The van der Waals surface area contributed by atoms with Crippen LogP contribution in [0.5, 0.6) is 11.5 Å². The third-order valence-corrected chi connectivity index (χ3v) is 7.19. The number of nitrogens with zero attached hydrogens (tertiary/aromatic N) is 3. The molecule has 0 aliphatic rings. The molecule has 4 rings (SSSR count). The molecule has 2 aromatic carbocycles. The van der Waals surface area contributed by atoms with E-state index in [1.807, 2.05) is 0 Å². The number of hydrogen-bond donors (Lipinski definition) is 0. The topological polar surface area (TPSA) is 58.4 Å². The molecular formula is C30H39N3O3S. The highest BCUT2D eigenvalue weighted by Gasteiger charge is 2.24. The van der Waals surface area contributed by atoms with Gasteiger partial charge in [-0.1, -0.05) is 47.6 Å². The van der Waals surface area contributed by atoms with E-state index in [9.17, 15) is 0 Å². The molecule has 0 unspecified atom stereocenters. The maximum atomic E-state index is 5.93. The summed E-state index contributed by atoms with van der Waals surface area (Å²) in [5.41, 5.74) is 6.17. The van der Waals surface area contributed by atoms with E-state index in [4.69, 9.17) is 24.2 Å². The Balaban J connectivity index is 1.80. The fourth-order valence-electron chi connectivity index (χ4n) is 4.70. The normalized spacial score (nSPS) is 12.4. The fourth-order valence-corrected chi connectivity index (χ4v) is 5.54. The largest absolute Gasteiger partial charge is 0.492 e. The number of ether oxygens (including phenoxy) is 3. The molecule has 0 radical (unpaired) electrons. The summed E-state index contributed by atoms with van der Waals surface area (Å²) in [7, 11) is 5.10. The van der Waals surface area contributed by atoms with Crippen molar-refractivity contribution < 1.29 is 14.2 Å². The summed E-state index contributed by atoms with van der Waals surface area (Å²) >= 11 is 1.64. The Morgan fingerprint density at radius 1 is 0.865 bits per heavy atom. The predicted molar refractivity (Wildman–Crippen MR) is 153 cm³/mol. The average molecular weight is 522 g/mol. The van der Waals surface area contributed by atoms with Gasteiger partial charge in [-0.15, -0.1) is 11.3 Å². The zero-order valence-corrected chi connectivity index (χ0v) is 24.4. The van der Waals surface area contributed by atoms with Gasteiger partial charge in [-0.05, 0) is 41.7 Å². The molecule has 0 amide bonds. The molecule has 0 aliphatic carbocycles. The van der Waals surface area contributed by atoms with Gasteiger partial charge in [-0.3, -0.25) is 0 Å². The van der Waals surface area contributed by atoms with E-state index in [1.54, 1.807) is 32.7 Å². The molecule has 4 aromatic rings. The second-order valence-electron chi connectivity index (χ2n) is 11.6. The Bertz CT molecular complexity index is 1390. The van der Waals surface area contributed by atoms with E-state index >= 15 is 0 Å². The zero-order chi connectivity index (χ0) is 27.0. The van der Waals surface area contributed by atoms with Crippen LogP contribution >= 0.6 is 11.3 Å². The lowest BCUT2D eigenvalue weighted by atomic mass is 9.91. The molecule has 6 nitrogen and oxygen atoms in total. The summed E-state index contributed by atoms with van der Waals surface area (Å²) in [4.78, 5) is 9.96. The minimum atomic E-state index is -0.0883. The van der Waals surface area contributed by atoms with Crippen molar-refractivity contribution in [2.45, 2.75) is 59.9 Å². The number of fused-ring (bicyclic) bond motifs is 1. The van der Waals surface area contributed by atoms with Crippen molar-refractivity contribution in [1.29, 1.82) is 0 Å². The van der Waals surface area contributed by atoms with E-state index in [0.717, 1.165) is 57.2 Å². The van der Waals surface area contributed by atoms with E-state index < -0.39 is 0 Å². The van der Waals surface area contributed by atoms with Gasteiger partial charge in [-0.2, -0.15) is 0 Å². The van der Waals surface area contributed by atoms with Crippen molar-refractivity contribution in [1.82, 2.24) is 14.5 Å². The van der Waals surface area contributed by atoms with Gasteiger partial charge in [0.1, 0.15) is 10.8 Å². The predicted octanol–water partition coefficient (Wildman–Crippen LogP) is 7.38. The molecule has 0 bridgehead atoms. The van der Waals surface area contributed by atoms with Crippen molar-refractivity contribution in [3.63, 3.8) is 0 Å². The molecule has 0 fully saturated rings. The van der Waals surface area contributed by atoms with Gasteiger partial charge < -0.3 is 18.8 Å². The number of aromatic nitrogens is 3. The molecule has 0 N–H and O–H groups in total. The monoisotopic (exact) mass is 521 g/mol.